The molecule has 5 nitrogen and oxygen atoms in total. The molecule has 15 heavy (non-hydrogen) atoms. The molecule has 0 aliphatic heterocycles. The van der Waals surface area contributed by atoms with Crippen LogP contribution in [-0.2, 0) is 14.3 Å². The summed E-state index contributed by atoms with van der Waals surface area (Å²) in [7, 11) is 0. The van der Waals surface area contributed by atoms with Crippen LogP contribution in [0.15, 0.2) is 0 Å². The molecule has 0 aromatic carbocycles. The molecule has 0 rings (SSSR count). The molecule has 2 N–H and O–H groups in total. The van der Waals surface area contributed by atoms with Gasteiger partial charge in [0, 0.05) is 0 Å². The van der Waals surface area contributed by atoms with Crippen molar-refractivity contribution < 1.29 is 19.4 Å². The summed E-state index contributed by atoms with van der Waals surface area (Å²) >= 11 is 0. The molecule has 0 aliphatic rings. The van der Waals surface area contributed by atoms with Gasteiger partial charge in [0.1, 0.15) is 12.6 Å². The highest BCUT2D eigenvalue weighted by molar-refractivity contribution is 5.84. The van der Waals surface area contributed by atoms with Gasteiger partial charge in [-0.3, -0.25) is 4.79 Å². The molecule has 0 saturated heterocycles. The van der Waals surface area contributed by atoms with Gasteiger partial charge in [-0.15, -0.1) is 0 Å². The second-order valence-electron chi connectivity index (χ2n) is 4.27. The summed E-state index contributed by atoms with van der Waals surface area (Å²) in [6.45, 7) is 7.06. The maximum absolute atomic E-state index is 11.3. The van der Waals surface area contributed by atoms with Crippen LogP contribution >= 0.6 is 0 Å². The van der Waals surface area contributed by atoms with E-state index >= 15 is 0 Å². The van der Waals surface area contributed by atoms with Crippen molar-refractivity contribution in [3.8, 4) is 0 Å². The molecule has 0 aromatic rings. The Bertz CT molecular complexity index is 232. The first kappa shape index (κ1) is 13.9. The molecule has 1 atom stereocenters. The molecule has 0 fully saturated rings. The summed E-state index contributed by atoms with van der Waals surface area (Å²) in [6.07, 6.45) is 0.358. The third-order valence-electron chi connectivity index (χ3n) is 1.68. The van der Waals surface area contributed by atoms with E-state index in [9.17, 15) is 9.59 Å². The Morgan fingerprint density at radius 1 is 1.40 bits per heavy atom. The van der Waals surface area contributed by atoms with Crippen LogP contribution in [0.5, 0.6) is 0 Å². The Morgan fingerprint density at radius 3 is 2.27 bits per heavy atom. The van der Waals surface area contributed by atoms with Gasteiger partial charge in [0.25, 0.3) is 0 Å². The molecule has 0 bridgehead atoms. The summed E-state index contributed by atoms with van der Waals surface area (Å²) in [4.78, 5) is 21.9. The number of carboxylic acids is 1. The number of carbonyl (C=O) groups excluding carboxylic acids is 1. The minimum absolute atomic E-state index is 0.118. The van der Waals surface area contributed by atoms with Gasteiger partial charge < -0.3 is 15.2 Å². The van der Waals surface area contributed by atoms with Crippen LogP contribution in [0.4, 0.5) is 0 Å². The fourth-order valence-electron chi connectivity index (χ4n) is 0.856. The van der Waals surface area contributed by atoms with Gasteiger partial charge in [-0.1, -0.05) is 6.92 Å². The van der Waals surface area contributed by atoms with Gasteiger partial charge in [-0.25, -0.2) is 4.79 Å². The SMILES string of the molecule is CCC(NC(=O)COC(C)(C)C)C(=O)O. The lowest BCUT2D eigenvalue weighted by atomic mass is 10.2. The van der Waals surface area contributed by atoms with Crippen molar-refractivity contribution in [3.05, 3.63) is 0 Å². The van der Waals surface area contributed by atoms with Crippen LogP contribution < -0.4 is 5.32 Å². The normalized spacial score (nSPS) is 13.3. The zero-order chi connectivity index (χ0) is 12.1. The minimum atomic E-state index is -1.03. The fraction of sp³-hybridized carbons (Fsp3) is 0.800. The Kier molecular flexibility index (Phi) is 5.28. The number of hydrogen-bond donors (Lipinski definition) is 2. The Hall–Kier alpha value is -1.10. The molecular formula is C10H19NO4. The average Bonchev–Trinajstić information content (AvgIpc) is 2.09. The second-order valence-corrected chi connectivity index (χ2v) is 4.27. The molecule has 1 unspecified atom stereocenters. The largest absolute Gasteiger partial charge is 0.480 e. The van der Waals surface area contributed by atoms with E-state index in [-0.39, 0.29) is 6.61 Å². The zero-order valence-electron chi connectivity index (χ0n) is 9.66. The number of aliphatic carboxylic acids is 1. The first-order valence-corrected chi connectivity index (χ1v) is 4.92. The van der Waals surface area contributed by atoms with Gasteiger partial charge in [-0.2, -0.15) is 0 Å². The molecule has 0 spiro atoms. The average molecular weight is 217 g/mol. The fourth-order valence-corrected chi connectivity index (χ4v) is 0.856. The van der Waals surface area contributed by atoms with Crippen LogP contribution in [0, 0.1) is 0 Å². The molecule has 1 amide bonds. The lowest BCUT2D eigenvalue weighted by molar-refractivity contribution is -0.143. The van der Waals surface area contributed by atoms with Crippen LogP contribution in [-0.4, -0.2) is 35.2 Å². The molecule has 0 radical (unpaired) electrons. The summed E-state index contributed by atoms with van der Waals surface area (Å²) in [6, 6.07) is -0.832. The number of hydrogen-bond acceptors (Lipinski definition) is 3. The van der Waals surface area contributed by atoms with Crippen molar-refractivity contribution >= 4 is 11.9 Å². The van der Waals surface area contributed by atoms with E-state index < -0.39 is 23.5 Å². The minimum Gasteiger partial charge on any atom is -0.480 e. The van der Waals surface area contributed by atoms with Gasteiger partial charge in [0.15, 0.2) is 0 Å². The molecule has 0 aromatic heterocycles. The van der Waals surface area contributed by atoms with E-state index in [0.717, 1.165) is 0 Å². The standard InChI is InChI=1S/C10H19NO4/c1-5-7(9(13)14)11-8(12)6-15-10(2,3)4/h7H,5-6H2,1-4H3,(H,11,12)(H,13,14). The summed E-state index contributed by atoms with van der Waals surface area (Å²) in [5.74, 6) is -1.43. The Labute approximate surface area is 89.8 Å². The summed E-state index contributed by atoms with van der Waals surface area (Å²) < 4.78 is 5.21. The number of amides is 1. The number of rotatable bonds is 5. The molecule has 5 heteroatoms. The van der Waals surface area contributed by atoms with E-state index in [2.05, 4.69) is 5.32 Å². The van der Waals surface area contributed by atoms with Crippen molar-refractivity contribution in [3.63, 3.8) is 0 Å². The number of nitrogens with one attached hydrogen (secondary N) is 1. The van der Waals surface area contributed by atoms with Gasteiger partial charge >= 0.3 is 5.97 Å². The van der Waals surface area contributed by atoms with Crippen LogP contribution in [0.25, 0.3) is 0 Å². The van der Waals surface area contributed by atoms with E-state index in [1.165, 1.54) is 0 Å². The van der Waals surface area contributed by atoms with Crippen molar-refractivity contribution in [1.82, 2.24) is 5.32 Å². The molecular weight excluding hydrogens is 198 g/mol. The van der Waals surface area contributed by atoms with Gasteiger partial charge in [0.05, 0.1) is 5.60 Å². The third kappa shape index (κ3) is 6.90. The van der Waals surface area contributed by atoms with Crippen LogP contribution in [0.3, 0.4) is 0 Å². The maximum Gasteiger partial charge on any atom is 0.326 e. The predicted molar refractivity (Wildman–Crippen MR) is 55.6 cm³/mol. The van der Waals surface area contributed by atoms with Crippen molar-refractivity contribution in [2.24, 2.45) is 0 Å². The first-order valence-electron chi connectivity index (χ1n) is 4.92. The van der Waals surface area contributed by atoms with Crippen LogP contribution in [0.1, 0.15) is 34.1 Å². The summed E-state index contributed by atoms with van der Waals surface area (Å²) in [5, 5.41) is 11.1. The highest BCUT2D eigenvalue weighted by Gasteiger charge is 2.19. The highest BCUT2D eigenvalue weighted by atomic mass is 16.5. The van der Waals surface area contributed by atoms with Gasteiger partial charge in [0.2, 0.25) is 5.91 Å². The lowest BCUT2D eigenvalue weighted by Crippen LogP contribution is -2.43. The third-order valence-corrected chi connectivity index (χ3v) is 1.68. The number of carbonyl (C=O) groups is 2. The zero-order valence-corrected chi connectivity index (χ0v) is 9.66. The smallest absolute Gasteiger partial charge is 0.326 e. The monoisotopic (exact) mass is 217 g/mol. The molecule has 0 heterocycles. The Balaban J connectivity index is 3.98. The second kappa shape index (κ2) is 5.70. The van der Waals surface area contributed by atoms with Crippen LogP contribution in [0.2, 0.25) is 0 Å². The topological polar surface area (TPSA) is 75.6 Å². The van der Waals surface area contributed by atoms with E-state index in [4.69, 9.17) is 9.84 Å². The molecule has 88 valence electrons. The maximum atomic E-state index is 11.3. The molecule has 0 aliphatic carbocycles. The Morgan fingerprint density at radius 2 is 1.93 bits per heavy atom. The number of carboxylic acid groups (broad SMARTS) is 1. The highest BCUT2D eigenvalue weighted by Crippen LogP contribution is 2.05. The lowest BCUT2D eigenvalue weighted by Gasteiger charge is -2.20. The quantitative estimate of drug-likeness (QED) is 0.713. The molecule has 0 saturated carbocycles. The predicted octanol–water partition coefficient (Wildman–Crippen LogP) is 0.781. The van der Waals surface area contributed by atoms with Crippen molar-refractivity contribution in [2.45, 2.75) is 45.8 Å². The van der Waals surface area contributed by atoms with Crippen molar-refractivity contribution in [2.75, 3.05) is 6.61 Å². The van der Waals surface area contributed by atoms with Crippen molar-refractivity contribution in [1.29, 1.82) is 0 Å². The van der Waals surface area contributed by atoms with E-state index in [1.807, 2.05) is 20.8 Å². The number of ether oxygens (including phenoxy) is 1. The summed E-state index contributed by atoms with van der Waals surface area (Å²) in [5.41, 5.74) is -0.401. The van der Waals surface area contributed by atoms with E-state index in [0.29, 0.717) is 6.42 Å². The van der Waals surface area contributed by atoms with Gasteiger partial charge in [-0.05, 0) is 27.2 Å². The first-order chi connectivity index (χ1) is 6.76. The van der Waals surface area contributed by atoms with E-state index in [1.54, 1.807) is 6.92 Å².